The van der Waals surface area contributed by atoms with Crippen LogP contribution >= 0.6 is 0 Å². The van der Waals surface area contributed by atoms with Gasteiger partial charge in [0, 0.05) is 11.9 Å². The van der Waals surface area contributed by atoms with E-state index in [1.165, 1.54) is 11.1 Å². The van der Waals surface area contributed by atoms with Crippen LogP contribution in [-0.4, -0.2) is 15.1 Å². The minimum Gasteiger partial charge on any atom is -0.508 e. The third kappa shape index (κ3) is 1.86. The van der Waals surface area contributed by atoms with Gasteiger partial charge in [-0.1, -0.05) is 6.07 Å². The van der Waals surface area contributed by atoms with Crippen LogP contribution in [0.1, 0.15) is 29.2 Å². The number of hydrogen-bond donors (Lipinski definition) is 3. The molecule has 0 radical (unpaired) electrons. The molecule has 17 heavy (non-hydrogen) atoms. The second-order valence-corrected chi connectivity index (χ2v) is 4.59. The van der Waals surface area contributed by atoms with Gasteiger partial charge in [0.2, 0.25) is 0 Å². The van der Waals surface area contributed by atoms with Crippen LogP contribution in [0.25, 0.3) is 0 Å². The summed E-state index contributed by atoms with van der Waals surface area (Å²) >= 11 is 0. The van der Waals surface area contributed by atoms with Crippen LogP contribution in [0.4, 0.5) is 0 Å². The van der Waals surface area contributed by atoms with Gasteiger partial charge >= 0.3 is 5.69 Å². The Bertz CT molecular complexity index is 597. The predicted molar refractivity (Wildman–Crippen MR) is 64.3 cm³/mol. The number of nitrogens with one attached hydrogen (secondary N) is 2. The third-order valence-corrected chi connectivity index (χ3v) is 3.45. The Kier molecular flexibility index (Phi) is 2.28. The maximum atomic E-state index is 11.0. The van der Waals surface area contributed by atoms with E-state index in [1.807, 2.05) is 12.1 Å². The van der Waals surface area contributed by atoms with E-state index in [0.717, 1.165) is 25.0 Å². The molecule has 1 aromatic carbocycles. The summed E-state index contributed by atoms with van der Waals surface area (Å²) in [7, 11) is 0. The third-order valence-electron chi connectivity index (χ3n) is 3.45. The van der Waals surface area contributed by atoms with Crippen molar-refractivity contribution in [1.82, 2.24) is 9.97 Å². The number of benzene rings is 1. The molecule has 1 aromatic heterocycles. The van der Waals surface area contributed by atoms with Crippen molar-refractivity contribution in [2.75, 3.05) is 0 Å². The first-order chi connectivity index (χ1) is 8.22. The van der Waals surface area contributed by atoms with Crippen molar-refractivity contribution in [1.29, 1.82) is 0 Å². The van der Waals surface area contributed by atoms with Crippen LogP contribution in [-0.2, 0) is 12.8 Å². The SMILES string of the molecule is O=c1[nH]cc(CC2CCc3cc(O)ccc32)[nH]1. The van der Waals surface area contributed by atoms with Crippen LogP contribution in [0.5, 0.6) is 5.75 Å². The zero-order chi connectivity index (χ0) is 11.8. The number of H-pyrrole nitrogens is 2. The summed E-state index contributed by atoms with van der Waals surface area (Å²) in [5.41, 5.74) is 3.32. The number of hydrogen-bond acceptors (Lipinski definition) is 2. The molecule has 4 nitrogen and oxygen atoms in total. The lowest BCUT2D eigenvalue weighted by molar-refractivity contribution is 0.474. The Hall–Kier alpha value is -1.97. The Morgan fingerprint density at radius 3 is 3.06 bits per heavy atom. The molecule has 1 atom stereocenters. The second kappa shape index (κ2) is 3.80. The molecule has 3 N–H and O–H groups in total. The van der Waals surface area contributed by atoms with E-state index in [-0.39, 0.29) is 5.69 Å². The molecule has 2 aromatic rings. The van der Waals surface area contributed by atoms with E-state index in [9.17, 15) is 9.90 Å². The van der Waals surface area contributed by atoms with Crippen molar-refractivity contribution in [3.05, 3.63) is 51.7 Å². The smallest absolute Gasteiger partial charge is 0.323 e. The zero-order valence-electron chi connectivity index (χ0n) is 9.36. The molecular weight excluding hydrogens is 216 g/mol. The number of aryl methyl sites for hydroxylation is 1. The van der Waals surface area contributed by atoms with Gasteiger partial charge in [-0.25, -0.2) is 4.79 Å². The fourth-order valence-electron chi connectivity index (χ4n) is 2.65. The number of fused-ring (bicyclic) bond motifs is 1. The Balaban J connectivity index is 1.86. The number of phenolic OH excluding ortho intramolecular Hbond substituents is 1. The summed E-state index contributed by atoms with van der Waals surface area (Å²) in [6.45, 7) is 0. The fraction of sp³-hybridized carbons (Fsp3) is 0.308. The maximum absolute atomic E-state index is 11.0. The lowest BCUT2D eigenvalue weighted by Crippen LogP contribution is -2.03. The van der Waals surface area contributed by atoms with Crippen LogP contribution in [0.2, 0.25) is 0 Å². The van der Waals surface area contributed by atoms with Gasteiger partial charge in [0.15, 0.2) is 0 Å². The summed E-state index contributed by atoms with van der Waals surface area (Å²) < 4.78 is 0. The van der Waals surface area contributed by atoms with Crippen molar-refractivity contribution in [3.8, 4) is 5.75 Å². The first kappa shape index (κ1) is 10.2. The van der Waals surface area contributed by atoms with E-state index < -0.39 is 0 Å². The molecule has 0 bridgehead atoms. The number of phenols is 1. The molecule has 0 amide bonds. The minimum absolute atomic E-state index is 0.149. The van der Waals surface area contributed by atoms with Crippen LogP contribution in [0, 0.1) is 0 Å². The summed E-state index contributed by atoms with van der Waals surface area (Å²) in [6.07, 6.45) is 4.66. The van der Waals surface area contributed by atoms with Crippen molar-refractivity contribution >= 4 is 0 Å². The van der Waals surface area contributed by atoms with Crippen molar-refractivity contribution in [3.63, 3.8) is 0 Å². The van der Waals surface area contributed by atoms with Gasteiger partial charge in [-0.3, -0.25) is 0 Å². The molecule has 0 saturated carbocycles. The molecule has 3 rings (SSSR count). The number of rotatable bonds is 2. The molecule has 1 aliphatic carbocycles. The van der Waals surface area contributed by atoms with Gasteiger partial charge < -0.3 is 15.1 Å². The quantitative estimate of drug-likeness (QED) is 0.734. The van der Waals surface area contributed by atoms with Crippen molar-refractivity contribution in [2.24, 2.45) is 0 Å². The molecule has 0 fully saturated rings. The van der Waals surface area contributed by atoms with Crippen LogP contribution in [0.3, 0.4) is 0 Å². The summed E-state index contributed by atoms with van der Waals surface area (Å²) in [4.78, 5) is 16.4. The normalized spacial score (nSPS) is 18.2. The minimum atomic E-state index is -0.149. The lowest BCUT2D eigenvalue weighted by atomic mass is 9.96. The summed E-state index contributed by atoms with van der Waals surface area (Å²) in [5.74, 6) is 0.775. The van der Waals surface area contributed by atoms with Crippen LogP contribution < -0.4 is 5.69 Å². The monoisotopic (exact) mass is 230 g/mol. The first-order valence-corrected chi connectivity index (χ1v) is 5.81. The van der Waals surface area contributed by atoms with Gasteiger partial charge in [0.25, 0.3) is 0 Å². The molecule has 1 aliphatic rings. The van der Waals surface area contributed by atoms with Gasteiger partial charge in [0.1, 0.15) is 5.75 Å². The lowest BCUT2D eigenvalue weighted by Gasteiger charge is -2.09. The molecule has 0 saturated heterocycles. The molecule has 1 heterocycles. The highest BCUT2D eigenvalue weighted by Gasteiger charge is 2.23. The number of aromatic hydroxyl groups is 1. The molecule has 0 aliphatic heterocycles. The Morgan fingerprint density at radius 2 is 2.29 bits per heavy atom. The van der Waals surface area contributed by atoms with Gasteiger partial charge in [-0.2, -0.15) is 0 Å². The first-order valence-electron chi connectivity index (χ1n) is 5.81. The molecular formula is C13H14N2O2. The van der Waals surface area contributed by atoms with Gasteiger partial charge in [-0.15, -0.1) is 0 Å². The molecule has 0 spiro atoms. The fourth-order valence-corrected chi connectivity index (χ4v) is 2.65. The van der Waals surface area contributed by atoms with E-state index in [0.29, 0.717) is 11.7 Å². The largest absolute Gasteiger partial charge is 0.508 e. The van der Waals surface area contributed by atoms with Gasteiger partial charge in [-0.05, 0) is 48.4 Å². The van der Waals surface area contributed by atoms with E-state index >= 15 is 0 Å². The van der Waals surface area contributed by atoms with Crippen molar-refractivity contribution < 1.29 is 5.11 Å². The van der Waals surface area contributed by atoms with Crippen LogP contribution in [0.15, 0.2) is 29.2 Å². The highest BCUT2D eigenvalue weighted by atomic mass is 16.3. The summed E-state index contributed by atoms with van der Waals surface area (Å²) in [5, 5.41) is 9.42. The number of aromatic amines is 2. The molecule has 1 unspecified atom stereocenters. The number of aromatic nitrogens is 2. The Labute approximate surface area is 98.3 Å². The highest BCUT2D eigenvalue weighted by molar-refractivity contribution is 5.40. The highest BCUT2D eigenvalue weighted by Crippen LogP contribution is 2.36. The summed E-state index contributed by atoms with van der Waals surface area (Å²) in [6, 6.07) is 5.57. The Morgan fingerprint density at radius 1 is 1.41 bits per heavy atom. The van der Waals surface area contributed by atoms with E-state index in [4.69, 9.17) is 0 Å². The molecule has 88 valence electrons. The standard InChI is InChI=1S/C13H14N2O2/c16-11-3-4-12-8(1-2-9(12)6-11)5-10-7-14-13(17)15-10/h3-4,6-8,16H,1-2,5H2,(H2,14,15,17). The van der Waals surface area contributed by atoms with Crippen molar-refractivity contribution in [2.45, 2.75) is 25.2 Å². The maximum Gasteiger partial charge on any atom is 0.323 e. The molecule has 4 heteroatoms. The van der Waals surface area contributed by atoms with Gasteiger partial charge in [0.05, 0.1) is 0 Å². The zero-order valence-corrected chi connectivity index (χ0v) is 9.36. The average molecular weight is 230 g/mol. The predicted octanol–water partition coefficient (Wildman–Crippen LogP) is 1.68. The topological polar surface area (TPSA) is 68.9 Å². The van der Waals surface area contributed by atoms with E-state index in [1.54, 1.807) is 12.3 Å². The number of imidazole rings is 1. The van der Waals surface area contributed by atoms with E-state index in [2.05, 4.69) is 9.97 Å². The second-order valence-electron chi connectivity index (χ2n) is 4.59. The average Bonchev–Trinajstić information content (AvgIpc) is 2.86.